The van der Waals surface area contributed by atoms with E-state index >= 15 is 0 Å². The largest absolute Gasteiger partial charge is 0.339 e. The number of thiazole rings is 1. The lowest BCUT2D eigenvalue weighted by Gasteiger charge is -2.00. The van der Waals surface area contributed by atoms with Gasteiger partial charge in [0.15, 0.2) is 5.65 Å². The van der Waals surface area contributed by atoms with E-state index in [9.17, 15) is 9.59 Å². The molecule has 8 heteroatoms. The van der Waals surface area contributed by atoms with E-state index in [2.05, 4.69) is 15.0 Å². The molecule has 3 heterocycles. The molecule has 3 aromatic rings. The summed E-state index contributed by atoms with van der Waals surface area (Å²) in [6, 6.07) is 0. The Labute approximate surface area is 105 Å². The normalized spacial score (nSPS) is 10.1. The summed E-state index contributed by atoms with van der Waals surface area (Å²) in [5, 5.41) is 1.93. The average molecular weight is 265 g/mol. The highest BCUT2D eigenvalue weighted by Crippen LogP contribution is 1.97. The maximum Gasteiger partial charge on any atom is 0.332 e. The minimum absolute atomic E-state index is 0.351. The molecule has 0 radical (unpaired) electrons. The third-order valence-electron chi connectivity index (χ3n) is 2.38. The van der Waals surface area contributed by atoms with Crippen LogP contribution in [0.3, 0.4) is 0 Å². The van der Waals surface area contributed by atoms with Gasteiger partial charge in [0.1, 0.15) is 5.52 Å². The second kappa shape index (κ2) is 4.96. The first-order chi connectivity index (χ1) is 8.63. The number of imidazole rings is 1. The molecular formula is C10H11N5O2S. The molecule has 0 saturated carbocycles. The Morgan fingerprint density at radius 3 is 2.61 bits per heavy atom. The van der Waals surface area contributed by atoms with E-state index in [1.165, 1.54) is 17.9 Å². The van der Waals surface area contributed by atoms with E-state index in [4.69, 9.17) is 0 Å². The number of hydrogen-bond acceptors (Lipinski definition) is 5. The first-order valence-electron chi connectivity index (χ1n) is 5.04. The molecular weight excluding hydrogens is 254 g/mol. The van der Waals surface area contributed by atoms with Crippen molar-refractivity contribution in [1.82, 2.24) is 24.1 Å². The zero-order valence-electron chi connectivity index (χ0n) is 9.82. The SMILES string of the molecule is Cn1c(=O)c2[nH]cnc2n(C)c1=O.c1cscn1. The van der Waals surface area contributed by atoms with Crippen LogP contribution in [0.4, 0.5) is 0 Å². The number of nitrogens with one attached hydrogen (secondary N) is 1. The molecule has 0 aliphatic carbocycles. The van der Waals surface area contributed by atoms with Crippen molar-refractivity contribution in [3.05, 3.63) is 44.3 Å². The van der Waals surface area contributed by atoms with Crippen LogP contribution < -0.4 is 11.2 Å². The molecule has 0 spiro atoms. The fraction of sp³-hybridized carbons (Fsp3) is 0.200. The predicted octanol–water partition coefficient (Wildman–Crippen LogP) is 0.103. The molecule has 0 atom stereocenters. The topological polar surface area (TPSA) is 85.6 Å². The van der Waals surface area contributed by atoms with Gasteiger partial charge in [0.2, 0.25) is 0 Å². The number of hydrogen-bond donors (Lipinski definition) is 1. The standard InChI is InChI=1S/C7H8N4O2.C3H3NS/c1-10-5-4(8-3-9-5)6(12)11(2)7(10)13;1-2-5-3-4-1/h3H,1-2H3,(H,8,9);1-3H. The lowest BCUT2D eigenvalue weighted by atomic mass is 10.5. The van der Waals surface area contributed by atoms with Gasteiger partial charge in [-0.05, 0) is 0 Å². The van der Waals surface area contributed by atoms with Crippen LogP contribution in [-0.2, 0) is 14.1 Å². The van der Waals surface area contributed by atoms with Crippen LogP contribution in [0.1, 0.15) is 0 Å². The van der Waals surface area contributed by atoms with Crippen molar-refractivity contribution < 1.29 is 0 Å². The summed E-state index contributed by atoms with van der Waals surface area (Å²) in [5.41, 5.74) is 1.80. The molecule has 0 unspecified atom stereocenters. The third kappa shape index (κ3) is 2.09. The Balaban J connectivity index is 0.000000202. The summed E-state index contributed by atoms with van der Waals surface area (Å²) < 4.78 is 2.37. The van der Waals surface area contributed by atoms with Gasteiger partial charge in [0.05, 0.1) is 11.8 Å². The molecule has 3 rings (SSSR count). The van der Waals surface area contributed by atoms with Crippen molar-refractivity contribution >= 4 is 22.5 Å². The monoisotopic (exact) mass is 265 g/mol. The first kappa shape index (κ1) is 12.2. The van der Waals surface area contributed by atoms with Gasteiger partial charge in [-0.15, -0.1) is 11.3 Å². The van der Waals surface area contributed by atoms with Crippen LogP contribution >= 0.6 is 11.3 Å². The second-order valence-electron chi connectivity index (χ2n) is 3.48. The number of fused-ring (bicyclic) bond motifs is 1. The summed E-state index contributed by atoms with van der Waals surface area (Å²) in [5.74, 6) is 0. The molecule has 7 nitrogen and oxygen atoms in total. The van der Waals surface area contributed by atoms with Crippen LogP contribution in [-0.4, -0.2) is 24.1 Å². The molecule has 0 fully saturated rings. The summed E-state index contributed by atoms with van der Waals surface area (Å²) in [4.78, 5) is 33.1. The van der Waals surface area contributed by atoms with E-state index in [1.54, 1.807) is 30.1 Å². The molecule has 94 valence electrons. The van der Waals surface area contributed by atoms with Crippen LogP contribution in [0.15, 0.2) is 33.0 Å². The number of aromatic amines is 1. The highest BCUT2D eigenvalue weighted by Gasteiger charge is 2.08. The van der Waals surface area contributed by atoms with Gasteiger partial charge < -0.3 is 4.98 Å². The second-order valence-corrected chi connectivity index (χ2v) is 4.24. The highest BCUT2D eigenvalue weighted by molar-refractivity contribution is 7.07. The zero-order valence-corrected chi connectivity index (χ0v) is 10.6. The molecule has 1 N–H and O–H groups in total. The minimum Gasteiger partial charge on any atom is -0.339 e. The molecule has 0 aromatic carbocycles. The van der Waals surface area contributed by atoms with Gasteiger partial charge in [-0.2, -0.15) is 0 Å². The summed E-state index contributed by atoms with van der Waals surface area (Å²) >= 11 is 1.60. The van der Waals surface area contributed by atoms with Crippen molar-refractivity contribution in [3.8, 4) is 0 Å². The van der Waals surface area contributed by atoms with Gasteiger partial charge in [0.25, 0.3) is 5.56 Å². The quantitative estimate of drug-likeness (QED) is 0.625. The van der Waals surface area contributed by atoms with Crippen molar-refractivity contribution in [2.24, 2.45) is 14.1 Å². The van der Waals surface area contributed by atoms with Gasteiger partial charge in [-0.3, -0.25) is 18.9 Å². The summed E-state index contributed by atoms with van der Waals surface area (Å²) in [7, 11) is 3.01. The van der Waals surface area contributed by atoms with E-state index in [0.29, 0.717) is 11.2 Å². The lowest BCUT2D eigenvalue weighted by Crippen LogP contribution is -2.36. The Bertz CT molecular complexity index is 736. The predicted molar refractivity (Wildman–Crippen MR) is 68.7 cm³/mol. The van der Waals surface area contributed by atoms with E-state index < -0.39 is 0 Å². The molecule has 3 aromatic heterocycles. The summed E-state index contributed by atoms with van der Waals surface area (Å²) in [6.07, 6.45) is 3.16. The third-order valence-corrected chi connectivity index (χ3v) is 2.90. The molecule has 18 heavy (non-hydrogen) atoms. The van der Waals surface area contributed by atoms with E-state index in [0.717, 1.165) is 4.57 Å². The molecule has 0 aliphatic heterocycles. The maximum absolute atomic E-state index is 11.4. The molecule has 0 saturated heterocycles. The number of rotatable bonds is 0. The Morgan fingerprint density at radius 1 is 1.28 bits per heavy atom. The van der Waals surface area contributed by atoms with Gasteiger partial charge in [-0.25, -0.2) is 9.78 Å². The number of aryl methyl sites for hydroxylation is 1. The smallest absolute Gasteiger partial charge is 0.332 e. The van der Waals surface area contributed by atoms with E-state index in [1.807, 2.05) is 5.38 Å². The van der Waals surface area contributed by atoms with E-state index in [-0.39, 0.29) is 11.2 Å². The van der Waals surface area contributed by atoms with Crippen LogP contribution in [0.2, 0.25) is 0 Å². The van der Waals surface area contributed by atoms with Gasteiger partial charge in [-0.1, -0.05) is 0 Å². The van der Waals surface area contributed by atoms with Crippen molar-refractivity contribution in [2.75, 3.05) is 0 Å². The zero-order chi connectivity index (χ0) is 13.1. The van der Waals surface area contributed by atoms with Crippen LogP contribution in [0, 0.1) is 0 Å². The van der Waals surface area contributed by atoms with Gasteiger partial charge in [0, 0.05) is 25.7 Å². The minimum atomic E-state index is -0.371. The van der Waals surface area contributed by atoms with Gasteiger partial charge >= 0.3 is 5.69 Å². The van der Waals surface area contributed by atoms with Crippen molar-refractivity contribution in [3.63, 3.8) is 0 Å². The molecule has 0 aliphatic rings. The fourth-order valence-corrected chi connectivity index (χ4v) is 1.80. The van der Waals surface area contributed by atoms with Crippen molar-refractivity contribution in [2.45, 2.75) is 0 Å². The van der Waals surface area contributed by atoms with Crippen molar-refractivity contribution in [1.29, 1.82) is 0 Å². The highest BCUT2D eigenvalue weighted by atomic mass is 32.1. The Kier molecular flexibility index (Phi) is 3.38. The van der Waals surface area contributed by atoms with Crippen LogP contribution in [0.5, 0.6) is 0 Å². The lowest BCUT2D eigenvalue weighted by molar-refractivity contribution is 0.709. The maximum atomic E-state index is 11.4. The number of H-pyrrole nitrogens is 1. The molecule has 0 amide bonds. The summed E-state index contributed by atoms with van der Waals surface area (Å²) in [6.45, 7) is 0. The first-order valence-corrected chi connectivity index (χ1v) is 5.98. The number of nitrogens with zero attached hydrogens (tertiary/aromatic N) is 4. The Hall–Kier alpha value is -2.22. The molecule has 0 bridgehead atoms. The van der Waals surface area contributed by atoms with Crippen LogP contribution in [0.25, 0.3) is 11.2 Å². The fourth-order valence-electron chi connectivity index (χ4n) is 1.44. The number of aromatic nitrogens is 5. The Morgan fingerprint density at radius 2 is 2.06 bits per heavy atom. The average Bonchev–Trinajstić information content (AvgIpc) is 3.05.